The summed E-state index contributed by atoms with van der Waals surface area (Å²) >= 11 is 0. The van der Waals surface area contributed by atoms with E-state index in [-0.39, 0.29) is 5.70 Å². The Morgan fingerprint density at radius 2 is 1.83 bits per heavy atom. The third-order valence-corrected chi connectivity index (χ3v) is 4.63. The molecule has 5 heteroatoms. The molecule has 1 aliphatic rings. The Hall–Kier alpha value is -3.86. The fourth-order valence-corrected chi connectivity index (χ4v) is 3.09. The molecule has 0 spiro atoms. The van der Waals surface area contributed by atoms with Crippen LogP contribution in [0.3, 0.4) is 0 Å². The highest BCUT2D eigenvalue weighted by Crippen LogP contribution is 2.29. The minimum atomic E-state index is -0.497. The van der Waals surface area contributed by atoms with Gasteiger partial charge in [-0.1, -0.05) is 48.0 Å². The van der Waals surface area contributed by atoms with E-state index in [1.807, 2.05) is 73.7 Å². The molecule has 0 fully saturated rings. The van der Waals surface area contributed by atoms with E-state index in [4.69, 9.17) is 14.2 Å². The molecular weight excluding hydrogens is 378 g/mol. The first-order chi connectivity index (χ1) is 14.6. The predicted octanol–water partition coefficient (Wildman–Crippen LogP) is 4.93. The summed E-state index contributed by atoms with van der Waals surface area (Å²) in [5.41, 5.74) is 3.77. The molecule has 0 aromatic heterocycles. The molecule has 1 heterocycles. The third-order valence-electron chi connectivity index (χ3n) is 4.63. The lowest BCUT2D eigenvalue weighted by Crippen LogP contribution is -2.05. The fourth-order valence-electron chi connectivity index (χ4n) is 3.09. The zero-order valence-electron chi connectivity index (χ0n) is 16.8. The molecule has 0 aliphatic carbocycles. The lowest BCUT2D eigenvalue weighted by molar-refractivity contribution is -0.129. The largest absolute Gasteiger partial charge is 0.497 e. The number of nitrogens with zero attached hydrogens (tertiary/aromatic N) is 1. The van der Waals surface area contributed by atoms with Crippen LogP contribution in [0.2, 0.25) is 0 Å². The van der Waals surface area contributed by atoms with Gasteiger partial charge in [-0.25, -0.2) is 9.79 Å². The standard InChI is InChI=1S/C25H21NO4/c1-17-7-6-10-19(13-17)24-26-22(25(27)30-24)15-20-14-21(28-2)11-12-23(20)29-16-18-8-4-3-5-9-18/h3-15H,16H2,1-2H3/b22-15+. The Kier molecular flexibility index (Phi) is 5.61. The van der Waals surface area contributed by atoms with Gasteiger partial charge in [-0.15, -0.1) is 0 Å². The van der Waals surface area contributed by atoms with Crippen LogP contribution >= 0.6 is 0 Å². The van der Waals surface area contributed by atoms with Crippen LogP contribution in [-0.2, 0) is 16.1 Å². The number of benzene rings is 3. The van der Waals surface area contributed by atoms with Crippen LogP contribution in [0.5, 0.6) is 11.5 Å². The Morgan fingerprint density at radius 1 is 1.00 bits per heavy atom. The molecule has 3 aromatic carbocycles. The number of rotatable bonds is 6. The van der Waals surface area contributed by atoms with Crippen LogP contribution < -0.4 is 9.47 Å². The maximum Gasteiger partial charge on any atom is 0.363 e. The van der Waals surface area contributed by atoms with E-state index in [1.54, 1.807) is 19.3 Å². The smallest absolute Gasteiger partial charge is 0.363 e. The van der Waals surface area contributed by atoms with Gasteiger partial charge in [-0.05, 0) is 48.9 Å². The Morgan fingerprint density at radius 3 is 2.60 bits per heavy atom. The van der Waals surface area contributed by atoms with E-state index in [1.165, 1.54) is 0 Å². The van der Waals surface area contributed by atoms with Crippen LogP contribution in [0.15, 0.2) is 83.5 Å². The lowest BCUT2D eigenvalue weighted by atomic mass is 10.1. The van der Waals surface area contributed by atoms with E-state index in [9.17, 15) is 4.79 Å². The zero-order valence-corrected chi connectivity index (χ0v) is 16.8. The second-order valence-electron chi connectivity index (χ2n) is 6.88. The summed E-state index contributed by atoms with van der Waals surface area (Å²) in [4.78, 5) is 16.8. The molecule has 0 unspecified atom stereocenters. The summed E-state index contributed by atoms with van der Waals surface area (Å²) in [5.74, 6) is 1.08. The van der Waals surface area contributed by atoms with E-state index in [2.05, 4.69) is 4.99 Å². The van der Waals surface area contributed by atoms with Crippen molar-refractivity contribution in [3.05, 3.63) is 101 Å². The third kappa shape index (κ3) is 4.41. The number of carbonyl (C=O) groups is 1. The first-order valence-corrected chi connectivity index (χ1v) is 9.57. The zero-order chi connectivity index (χ0) is 20.9. The predicted molar refractivity (Wildman–Crippen MR) is 116 cm³/mol. The van der Waals surface area contributed by atoms with Crippen molar-refractivity contribution in [3.63, 3.8) is 0 Å². The van der Waals surface area contributed by atoms with Crippen LogP contribution in [-0.4, -0.2) is 19.0 Å². The molecule has 0 bridgehead atoms. The maximum absolute atomic E-state index is 12.4. The van der Waals surface area contributed by atoms with Crippen molar-refractivity contribution < 1.29 is 19.0 Å². The lowest BCUT2D eigenvalue weighted by Gasteiger charge is -2.11. The van der Waals surface area contributed by atoms with Gasteiger partial charge in [-0.3, -0.25) is 0 Å². The van der Waals surface area contributed by atoms with Crippen LogP contribution in [0, 0.1) is 6.92 Å². The summed E-state index contributed by atoms with van der Waals surface area (Å²) in [6.45, 7) is 2.38. The molecule has 0 saturated carbocycles. The Labute approximate surface area is 175 Å². The van der Waals surface area contributed by atoms with Gasteiger partial charge in [0.25, 0.3) is 0 Å². The number of hydrogen-bond donors (Lipinski definition) is 0. The van der Waals surface area contributed by atoms with Crippen LogP contribution in [0.1, 0.15) is 22.3 Å². The number of aryl methyl sites for hydroxylation is 1. The number of esters is 1. The van der Waals surface area contributed by atoms with E-state index < -0.39 is 5.97 Å². The molecule has 150 valence electrons. The fraction of sp³-hybridized carbons (Fsp3) is 0.120. The van der Waals surface area contributed by atoms with Gasteiger partial charge in [0, 0.05) is 11.1 Å². The molecule has 0 atom stereocenters. The van der Waals surface area contributed by atoms with Crippen molar-refractivity contribution in [1.82, 2.24) is 0 Å². The van der Waals surface area contributed by atoms with Gasteiger partial charge in [0.1, 0.15) is 18.1 Å². The minimum absolute atomic E-state index is 0.212. The summed E-state index contributed by atoms with van der Waals surface area (Å²) in [6, 6.07) is 23.0. The van der Waals surface area contributed by atoms with Crippen molar-refractivity contribution in [2.45, 2.75) is 13.5 Å². The first kappa shape index (κ1) is 19.5. The van der Waals surface area contributed by atoms with E-state index in [0.29, 0.717) is 29.6 Å². The summed E-state index contributed by atoms with van der Waals surface area (Å²) in [5, 5.41) is 0. The molecule has 0 N–H and O–H groups in total. The molecule has 0 amide bonds. The van der Waals surface area contributed by atoms with E-state index in [0.717, 1.165) is 16.7 Å². The molecule has 1 aliphatic heterocycles. The summed E-state index contributed by atoms with van der Waals surface area (Å²) in [6.07, 6.45) is 1.66. The molecule has 0 radical (unpaired) electrons. The normalized spacial score (nSPS) is 14.4. The van der Waals surface area contributed by atoms with Crippen molar-refractivity contribution in [2.75, 3.05) is 7.11 Å². The van der Waals surface area contributed by atoms with Crippen molar-refractivity contribution in [1.29, 1.82) is 0 Å². The second kappa shape index (κ2) is 8.66. The molecule has 3 aromatic rings. The van der Waals surface area contributed by atoms with Gasteiger partial charge in [0.15, 0.2) is 5.70 Å². The average Bonchev–Trinajstić information content (AvgIpc) is 3.14. The number of carbonyl (C=O) groups excluding carboxylic acids is 1. The monoisotopic (exact) mass is 399 g/mol. The Bertz CT molecular complexity index is 1130. The van der Waals surface area contributed by atoms with E-state index >= 15 is 0 Å². The highest BCUT2D eigenvalue weighted by molar-refractivity contribution is 6.13. The van der Waals surface area contributed by atoms with Crippen molar-refractivity contribution >= 4 is 17.9 Å². The first-order valence-electron chi connectivity index (χ1n) is 9.57. The molecule has 4 rings (SSSR count). The van der Waals surface area contributed by atoms with Crippen LogP contribution in [0.25, 0.3) is 6.08 Å². The second-order valence-corrected chi connectivity index (χ2v) is 6.88. The molecular formula is C25H21NO4. The number of aliphatic imine (C=N–C) groups is 1. The summed E-state index contributed by atoms with van der Waals surface area (Å²) < 4.78 is 16.7. The quantitative estimate of drug-likeness (QED) is 0.436. The number of cyclic esters (lactones) is 1. The van der Waals surface area contributed by atoms with Gasteiger partial charge in [0.05, 0.1) is 7.11 Å². The van der Waals surface area contributed by atoms with Gasteiger partial charge in [-0.2, -0.15) is 0 Å². The molecule has 0 saturated heterocycles. The maximum atomic E-state index is 12.4. The Balaban J connectivity index is 1.65. The summed E-state index contributed by atoms with van der Waals surface area (Å²) in [7, 11) is 1.59. The van der Waals surface area contributed by atoms with Crippen molar-refractivity contribution in [2.24, 2.45) is 4.99 Å². The number of ether oxygens (including phenoxy) is 3. The highest BCUT2D eigenvalue weighted by atomic mass is 16.6. The number of hydrogen-bond acceptors (Lipinski definition) is 5. The topological polar surface area (TPSA) is 57.1 Å². The minimum Gasteiger partial charge on any atom is -0.497 e. The number of methoxy groups -OCH3 is 1. The molecule has 30 heavy (non-hydrogen) atoms. The SMILES string of the molecule is COc1ccc(OCc2ccccc2)c(/C=C2/N=C(c3cccc(C)c3)OC2=O)c1. The highest BCUT2D eigenvalue weighted by Gasteiger charge is 2.24. The molecule has 5 nitrogen and oxygen atoms in total. The average molecular weight is 399 g/mol. The van der Waals surface area contributed by atoms with Gasteiger partial charge < -0.3 is 14.2 Å². The van der Waals surface area contributed by atoms with Gasteiger partial charge in [0.2, 0.25) is 5.90 Å². The van der Waals surface area contributed by atoms with Crippen molar-refractivity contribution in [3.8, 4) is 11.5 Å². The van der Waals surface area contributed by atoms with Gasteiger partial charge >= 0.3 is 5.97 Å². The van der Waals surface area contributed by atoms with Crippen LogP contribution in [0.4, 0.5) is 0 Å².